The first-order chi connectivity index (χ1) is 7.80. The number of carbonyl (C=O) groups excluding carboxylic acids is 1. The number of amides is 1. The molecule has 4 N–H and O–H groups in total. The third kappa shape index (κ3) is 4.14. The van der Waals surface area contributed by atoms with Gasteiger partial charge in [0.05, 0.1) is 5.56 Å². The van der Waals surface area contributed by atoms with Gasteiger partial charge in [0.25, 0.3) is 0 Å². The van der Waals surface area contributed by atoms with Crippen molar-refractivity contribution in [1.82, 2.24) is 0 Å². The second kappa shape index (κ2) is 4.86. The van der Waals surface area contributed by atoms with E-state index in [1.807, 2.05) is 13.8 Å². The minimum atomic E-state index is -0.965. The van der Waals surface area contributed by atoms with Gasteiger partial charge in [0.2, 0.25) is 5.91 Å². The zero-order chi connectivity index (χ0) is 13.1. The molecule has 0 aromatic heterocycles. The van der Waals surface area contributed by atoms with Gasteiger partial charge in [-0.2, -0.15) is 0 Å². The molecule has 1 amide bonds. The van der Waals surface area contributed by atoms with Gasteiger partial charge in [0, 0.05) is 17.6 Å². The van der Waals surface area contributed by atoms with Gasteiger partial charge in [-0.1, -0.05) is 0 Å². The van der Waals surface area contributed by atoms with Crippen LogP contribution in [0.5, 0.6) is 0 Å². The van der Waals surface area contributed by atoms with Crippen LogP contribution in [0.15, 0.2) is 24.3 Å². The number of anilines is 1. The molecule has 0 spiro atoms. The molecule has 17 heavy (non-hydrogen) atoms. The Kier molecular flexibility index (Phi) is 3.73. The Morgan fingerprint density at radius 3 is 2.24 bits per heavy atom. The Morgan fingerprint density at radius 1 is 1.29 bits per heavy atom. The van der Waals surface area contributed by atoms with Crippen molar-refractivity contribution in [1.29, 1.82) is 0 Å². The Labute approximate surface area is 99.6 Å². The summed E-state index contributed by atoms with van der Waals surface area (Å²) in [5.74, 6) is -1.35. The molecule has 1 aromatic rings. The lowest BCUT2D eigenvalue weighted by Gasteiger charge is -2.26. The summed E-state index contributed by atoms with van der Waals surface area (Å²) < 4.78 is 0. The van der Waals surface area contributed by atoms with Crippen molar-refractivity contribution >= 4 is 17.6 Å². The molecular formula is C12H16N2O3. The maximum absolute atomic E-state index is 10.9. The van der Waals surface area contributed by atoms with Crippen LogP contribution in [0, 0.1) is 0 Å². The topological polar surface area (TPSA) is 92.4 Å². The molecule has 0 aliphatic heterocycles. The van der Waals surface area contributed by atoms with Crippen LogP contribution in [0.3, 0.4) is 0 Å². The van der Waals surface area contributed by atoms with E-state index in [0.29, 0.717) is 0 Å². The number of rotatable bonds is 5. The monoisotopic (exact) mass is 236 g/mol. The van der Waals surface area contributed by atoms with Gasteiger partial charge < -0.3 is 16.2 Å². The predicted octanol–water partition coefficient (Wildman–Crippen LogP) is 1.45. The van der Waals surface area contributed by atoms with E-state index in [4.69, 9.17) is 10.8 Å². The second-order valence-corrected chi connectivity index (χ2v) is 4.53. The number of benzene rings is 1. The van der Waals surface area contributed by atoms with Crippen LogP contribution in [0.1, 0.15) is 30.6 Å². The third-order valence-electron chi connectivity index (χ3n) is 2.23. The highest BCUT2D eigenvalue weighted by Crippen LogP contribution is 2.18. The second-order valence-electron chi connectivity index (χ2n) is 4.53. The van der Waals surface area contributed by atoms with Crippen molar-refractivity contribution in [3.05, 3.63) is 29.8 Å². The summed E-state index contributed by atoms with van der Waals surface area (Å²) in [6.07, 6.45) is 0.202. The van der Waals surface area contributed by atoms with Gasteiger partial charge in [-0.15, -0.1) is 0 Å². The van der Waals surface area contributed by atoms with E-state index in [1.165, 1.54) is 12.1 Å². The van der Waals surface area contributed by atoms with Gasteiger partial charge >= 0.3 is 5.97 Å². The molecule has 92 valence electrons. The first-order valence-corrected chi connectivity index (χ1v) is 5.20. The number of nitrogens with one attached hydrogen (secondary N) is 1. The van der Waals surface area contributed by atoms with E-state index < -0.39 is 11.5 Å². The molecule has 0 bridgehead atoms. The molecule has 0 aliphatic rings. The van der Waals surface area contributed by atoms with Gasteiger partial charge in [-0.05, 0) is 38.1 Å². The van der Waals surface area contributed by atoms with Crippen LogP contribution in [-0.4, -0.2) is 22.5 Å². The number of aromatic carboxylic acids is 1. The van der Waals surface area contributed by atoms with Crippen LogP contribution in [0.2, 0.25) is 0 Å². The molecule has 5 heteroatoms. The van der Waals surface area contributed by atoms with E-state index in [9.17, 15) is 9.59 Å². The molecule has 1 aromatic carbocycles. The fraction of sp³-hybridized carbons (Fsp3) is 0.333. The summed E-state index contributed by atoms with van der Waals surface area (Å²) in [6, 6.07) is 6.33. The highest BCUT2D eigenvalue weighted by molar-refractivity contribution is 5.88. The van der Waals surface area contributed by atoms with Crippen molar-refractivity contribution in [2.75, 3.05) is 5.32 Å². The van der Waals surface area contributed by atoms with Crippen molar-refractivity contribution < 1.29 is 14.7 Å². The maximum atomic E-state index is 10.9. The Morgan fingerprint density at radius 2 is 1.82 bits per heavy atom. The number of nitrogens with two attached hydrogens (primary N) is 1. The largest absolute Gasteiger partial charge is 0.478 e. The number of carboxylic acid groups (broad SMARTS) is 1. The number of hydrogen-bond donors (Lipinski definition) is 3. The number of primary amides is 1. The predicted molar refractivity (Wildman–Crippen MR) is 64.9 cm³/mol. The Bertz CT molecular complexity index is 424. The van der Waals surface area contributed by atoms with Gasteiger partial charge in [-0.3, -0.25) is 4.79 Å². The fourth-order valence-electron chi connectivity index (χ4n) is 1.57. The minimum Gasteiger partial charge on any atom is -0.478 e. The lowest BCUT2D eigenvalue weighted by molar-refractivity contribution is -0.118. The molecule has 1 rings (SSSR count). The van der Waals surface area contributed by atoms with E-state index in [0.717, 1.165) is 5.69 Å². The van der Waals surface area contributed by atoms with E-state index >= 15 is 0 Å². The third-order valence-corrected chi connectivity index (χ3v) is 2.23. The van der Waals surface area contributed by atoms with Gasteiger partial charge in [-0.25, -0.2) is 4.79 Å². The van der Waals surface area contributed by atoms with E-state index in [2.05, 4.69) is 5.32 Å². The molecule has 0 atom stereocenters. The zero-order valence-corrected chi connectivity index (χ0v) is 9.86. The Hall–Kier alpha value is -2.04. The number of carbonyl (C=O) groups is 2. The van der Waals surface area contributed by atoms with Crippen LogP contribution in [0.4, 0.5) is 5.69 Å². The molecule has 0 aliphatic carbocycles. The molecule has 0 heterocycles. The quantitative estimate of drug-likeness (QED) is 0.721. The minimum absolute atomic E-state index is 0.202. The van der Waals surface area contributed by atoms with Crippen LogP contribution >= 0.6 is 0 Å². The molecule has 0 radical (unpaired) electrons. The summed E-state index contributed by atoms with van der Waals surface area (Å²) in [6.45, 7) is 3.70. The maximum Gasteiger partial charge on any atom is 0.335 e. The summed E-state index contributed by atoms with van der Waals surface area (Å²) in [5, 5.41) is 11.9. The van der Waals surface area contributed by atoms with Gasteiger partial charge in [0.1, 0.15) is 0 Å². The molecule has 0 saturated heterocycles. The standard InChI is InChI=1S/C12H16N2O3/c1-12(2,7-10(13)15)14-9-5-3-8(4-6-9)11(16)17/h3-6,14H,7H2,1-2H3,(H2,13,15)(H,16,17). The molecule has 0 fully saturated rings. The molecule has 0 unspecified atom stereocenters. The van der Waals surface area contributed by atoms with E-state index in [1.54, 1.807) is 12.1 Å². The Balaban J connectivity index is 2.75. The van der Waals surface area contributed by atoms with Crippen LogP contribution < -0.4 is 11.1 Å². The van der Waals surface area contributed by atoms with Crippen molar-refractivity contribution in [2.24, 2.45) is 5.73 Å². The number of carboxylic acids is 1. The summed E-state index contributed by atoms with van der Waals surface area (Å²) in [7, 11) is 0. The SMILES string of the molecule is CC(C)(CC(N)=O)Nc1ccc(C(=O)O)cc1. The smallest absolute Gasteiger partial charge is 0.335 e. The average molecular weight is 236 g/mol. The highest BCUT2D eigenvalue weighted by Gasteiger charge is 2.20. The lowest BCUT2D eigenvalue weighted by atomic mass is 9.99. The lowest BCUT2D eigenvalue weighted by Crippen LogP contribution is -2.35. The summed E-state index contributed by atoms with van der Waals surface area (Å²) in [5.41, 5.74) is 5.65. The normalized spacial score (nSPS) is 10.9. The average Bonchev–Trinajstić information content (AvgIpc) is 2.15. The summed E-state index contributed by atoms with van der Waals surface area (Å²) >= 11 is 0. The molecule has 5 nitrogen and oxygen atoms in total. The highest BCUT2D eigenvalue weighted by atomic mass is 16.4. The van der Waals surface area contributed by atoms with Crippen LogP contribution in [-0.2, 0) is 4.79 Å². The fourth-order valence-corrected chi connectivity index (χ4v) is 1.57. The molecule has 0 saturated carbocycles. The molecular weight excluding hydrogens is 220 g/mol. The number of hydrogen-bond acceptors (Lipinski definition) is 3. The first-order valence-electron chi connectivity index (χ1n) is 5.20. The zero-order valence-electron chi connectivity index (χ0n) is 9.86. The van der Waals surface area contributed by atoms with Crippen molar-refractivity contribution in [2.45, 2.75) is 25.8 Å². The van der Waals surface area contributed by atoms with Crippen LogP contribution in [0.25, 0.3) is 0 Å². The van der Waals surface area contributed by atoms with E-state index in [-0.39, 0.29) is 17.9 Å². The van der Waals surface area contributed by atoms with Crippen molar-refractivity contribution in [3.8, 4) is 0 Å². The summed E-state index contributed by atoms with van der Waals surface area (Å²) in [4.78, 5) is 21.5. The van der Waals surface area contributed by atoms with Crippen molar-refractivity contribution in [3.63, 3.8) is 0 Å². The first kappa shape index (κ1) is 13.0. The van der Waals surface area contributed by atoms with Gasteiger partial charge in [0.15, 0.2) is 0 Å².